The Kier molecular flexibility index (Phi) is 5.17. The highest BCUT2D eigenvalue weighted by atomic mass is 14.6. The molecule has 2 nitrogen and oxygen atoms in total. The summed E-state index contributed by atoms with van der Waals surface area (Å²) in [5, 5.41) is 0. The number of rotatable bonds is 6. The van der Waals surface area contributed by atoms with Crippen molar-refractivity contribution < 1.29 is 0 Å². The number of anilines is 2. The van der Waals surface area contributed by atoms with Crippen LogP contribution >= 0.6 is 0 Å². The van der Waals surface area contributed by atoms with Crippen LogP contribution in [0.15, 0.2) is 12.1 Å². The van der Waals surface area contributed by atoms with Crippen LogP contribution in [0.1, 0.15) is 50.7 Å². The second-order valence-corrected chi connectivity index (χ2v) is 4.41. The van der Waals surface area contributed by atoms with E-state index in [1.165, 1.54) is 36.8 Å². The molecule has 0 aliphatic heterocycles. The fraction of sp³-hybridized carbons (Fsp3) is 0.571. The van der Waals surface area contributed by atoms with E-state index in [9.17, 15) is 0 Å². The zero-order valence-electron chi connectivity index (χ0n) is 10.6. The van der Waals surface area contributed by atoms with Crippen LogP contribution in [-0.2, 0) is 12.8 Å². The van der Waals surface area contributed by atoms with Crippen molar-refractivity contribution in [2.24, 2.45) is 0 Å². The van der Waals surface area contributed by atoms with E-state index in [0.717, 1.165) is 24.2 Å². The largest absolute Gasteiger partial charge is 0.398 e. The van der Waals surface area contributed by atoms with Crippen LogP contribution < -0.4 is 11.5 Å². The maximum Gasteiger partial charge on any atom is 0.0350 e. The fourth-order valence-corrected chi connectivity index (χ4v) is 2.03. The van der Waals surface area contributed by atoms with Crippen LogP contribution in [0.25, 0.3) is 0 Å². The van der Waals surface area contributed by atoms with E-state index in [-0.39, 0.29) is 0 Å². The van der Waals surface area contributed by atoms with Gasteiger partial charge in [0, 0.05) is 11.4 Å². The molecule has 1 rings (SSSR count). The van der Waals surface area contributed by atoms with Crippen molar-refractivity contribution in [1.82, 2.24) is 0 Å². The van der Waals surface area contributed by atoms with Crippen LogP contribution in [0.3, 0.4) is 0 Å². The fourth-order valence-electron chi connectivity index (χ4n) is 2.03. The number of nitrogens with two attached hydrogens (primary N) is 2. The Morgan fingerprint density at radius 1 is 0.812 bits per heavy atom. The number of hydrogen-bond donors (Lipinski definition) is 2. The summed E-state index contributed by atoms with van der Waals surface area (Å²) in [5.41, 5.74) is 16.5. The van der Waals surface area contributed by atoms with Crippen molar-refractivity contribution in [2.45, 2.75) is 52.4 Å². The summed E-state index contributed by atoms with van der Waals surface area (Å²) in [4.78, 5) is 0. The zero-order valence-corrected chi connectivity index (χ0v) is 10.6. The lowest BCUT2D eigenvalue weighted by molar-refractivity contribution is 0.761. The Morgan fingerprint density at radius 2 is 1.19 bits per heavy atom. The standard InChI is InChI=1S/C14H24N2/c1-3-5-7-11-12(8-6-4-2)14(16)10-9-13(11)15/h9-10H,3-8,15-16H2,1-2H3. The Labute approximate surface area is 99.0 Å². The first kappa shape index (κ1) is 12.9. The van der Waals surface area contributed by atoms with Gasteiger partial charge in [-0.25, -0.2) is 0 Å². The van der Waals surface area contributed by atoms with Crippen LogP contribution in [0.2, 0.25) is 0 Å². The van der Waals surface area contributed by atoms with E-state index in [4.69, 9.17) is 11.5 Å². The van der Waals surface area contributed by atoms with Gasteiger partial charge in [-0.2, -0.15) is 0 Å². The minimum absolute atomic E-state index is 0.911. The van der Waals surface area contributed by atoms with Crippen LogP contribution in [-0.4, -0.2) is 0 Å². The minimum Gasteiger partial charge on any atom is -0.398 e. The van der Waals surface area contributed by atoms with Gasteiger partial charge in [0.15, 0.2) is 0 Å². The number of unbranched alkanes of at least 4 members (excludes halogenated alkanes) is 2. The molecule has 0 radical (unpaired) electrons. The zero-order chi connectivity index (χ0) is 12.0. The van der Waals surface area contributed by atoms with E-state index in [1.807, 2.05) is 12.1 Å². The molecular formula is C14H24N2. The average Bonchev–Trinajstić information content (AvgIpc) is 2.29. The topological polar surface area (TPSA) is 52.0 Å². The maximum atomic E-state index is 6.05. The first-order valence-corrected chi connectivity index (χ1v) is 6.36. The highest BCUT2D eigenvalue weighted by Gasteiger charge is 2.09. The number of nitrogen functional groups attached to an aromatic ring is 2. The third-order valence-corrected chi connectivity index (χ3v) is 3.06. The van der Waals surface area contributed by atoms with E-state index in [0.29, 0.717) is 0 Å². The van der Waals surface area contributed by atoms with Gasteiger partial charge in [-0.15, -0.1) is 0 Å². The molecule has 90 valence electrons. The molecule has 1 aromatic carbocycles. The summed E-state index contributed by atoms with van der Waals surface area (Å²) in [6.07, 6.45) is 6.89. The molecule has 4 N–H and O–H groups in total. The predicted molar refractivity (Wildman–Crippen MR) is 72.5 cm³/mol. The summed E-state index contributed by atoms with van der Waals surface area (Å²) < 4.78 is 0. The molecule has 0 unspecified atom stereocenters. The van der Waals surface area contributed by atoms with Gasteiger partial charge < -0.3 is 11.5 Å². The van der Waals surface area contributed by atoms with Gasteiger partial charge in [-0.3, -0.25) is 0 Å². The summed E-state index contributed by atoms with van der Waals surface area (Å²) >= 11 is 0. The lowest BCUT2D eigenvalue weighted by Crippen LogP contribution is -2.04. The van der Waals surface area contributed by atoms with Gasteiger partial charge in [0.1, 0.15) is 0 Å². The highest BCUT2D eigenvalue weighted by molar-refractivity contribution is 5.62. The first-order chi connectivity index (χ1) is 7.70. The summed E-state index contributed by atoms with van der Waals surface area (Å²) in [5.74, 6) is 0. The second kappa shape index (κ2) is 6.41. The molecule has 0 aromatic heterocycles. The predicted octanol–water partition coefficient (Wildman–Crippen LogP) is 3.54. The van der Waals surface area contributed by atoms with E-state index in [1.54, 1.807) is 0 Å². The molecular weight excluding hydrogens is 196 g/mol. The molecule has 0 bridgehead atoms. The molecule has 0 spiro atoms. The Bertz CT molecular complexity index is 299. The molecule has 0 atom stereocenters. The van der Waals surface area contributed by atoms with Crippen molar-refractivity contribution in [3.63, 3.8) is 0 Å². The summed E-state index contributed by atoms with van der Waals surface area (Å²) in [6, 6.07) is 3.88. The molecule has 0 aliphatic rings. The van der Waals surface area contributed by atoms with Crippen LogP contribution in [0.4, 0.5) is 11.4 Å². The van der Waals surface area contributed by atoms with Gasteiger partial charge in [0.05, 0.1) is 0 Å². The smallest absolute Gasteiger partial charge is 0.0350 e. The Balaban J connectivity index is 2.94. The van der Waals surface area contributed by atoms with Crippen molar-refractivity contribution >= 4 is 11.4 Å². The molecule has 0 heterocycles. The third kappa shape index (κ3) is 3.16. The lowest BCUT2D eigenvalue weighted by atomic mass is 9.95. The monoisotopic (exact) mass is 220 g/mol. The van der Waals surface area contributed by atoms with Gasteiger partial charge in [-0.05, 0) is 48.9 Å². The minimum atomic E-state index is 0.911. The highest BCUT2D eigenvalue weighted by Crippen LogP contribution is 2.26. The normalized spacial score (nSPS) is 10.6. The third-order valence-electron chi connectivity index (χ3n) is 3.06. The van der Waals surface area contributed by atoms with Gasteiger partial charge >= 0.3 is 0 Å². The summed E-state index contributed by atoms with van der Waals surface area (Å²) in [7, 11) is 0. The average molecular weight is 220 g/mol. The SMILES string of the molecule is CCCCc1c(N)ccc(N)c1CCCC. The Hall–Kier alpha value is -1.18. The molecule has 0 aliphatic carbocycles. The van der Waals surface area contributed by atoms with Crippen LogP contribution in [0, 0.1) is 0 Å². The van der Waals surface area contributed by atoms with Crippen molar-refractivity contribution in [3.8, 4) is 0 Å². The first-order valence-electron chi connectivity index (χ1n) is 6.36. The quantitative estimate of drug-likeness (QED) is 0.720. The molecule has 0 amide bonds. The Morgan fingerprint density at radius 3 is 1.50 bits per heavy atom. The molecule has 2 heteroatoms. The van der Waals surface area contributed by atoms with E-state index >= 15 is 0 Å². The van der Waals surface area contributed by atoms with Gasteiger partial charge in [-0.1, -0.05) is 26.7 Å². The lowest BCUT2D eigenvalue weighted by Gasteiger charge is -2.14. The number of hydrogen-bond acceptors (Lipinski definition) is 2. The van der Waals surface area contributed by atoms with E-state index < -0.39 is 0 Å². The number of benzene rings is 1. The van der Waals surface area contributed by atoms with Crippen molar-refractivity contribution in [2.75, 3.05) is 11.5 Å². The molecule has 0 saturated carbocycles. The van der Waals surface area contributed by atoms with Gasteiger partial charge in [0.2, 0.25) is 0 Å². The van der Waals surface area contributed by atoms with Crippen molar-refractivity contribution in [1.29, 1.82) is 0 Å². The second-order valence-electron chi connectivity index (χ2n) is 4.41. The molecule has 0 fully saturated rings. The van der Waals surface area contributed by atoms with Gasteiger partial charge in [0.25, 0.3) is 0 Å². The summed E-state index contributed by atoms with van der Waals surface area (Å²) in [6.45, 7) is 4.41. The van der Waals surface area contributed by atoms with Crippen LogP contribution in [0.5, 0.6) is 0 Å². The molecule has 1 aromatic rings. The maximum absolute atomic E-state index is 6.05. The van der Waals surface area contributed by atoms with E-state index in [2.05, 4.69) is 13.8 Å². The van der Waals surface area contributed by atoms with Crippen molar-refractivity contribution in [3.05, 3.63) is 23.3 Å². The molecule has 0 saturated heterocycles. The molecule has 16 heavy (non-hydrogen) atoms.